The highest BCUT2D eigenvalue weighted by molar-refractivity contribution is 7.46. The molecule has 2 rings (SSSR count). The van der Waals surface area contributed by atoms with Gasteiger partial charge in [0.25, 0.3) is 0 Å². The van der Waals surface area contributed by atoms with Gasteiger partial charge in [-0.25, -0.2) is 9.36 Å². The number of hydrogen-bond donors (Lipinski definition) is 9. The van der Waals surface area contributed by atoms with Gasteiger partial charge in [-0.3, -0.25) is 33.3 Å². The van der Waals surface area contributed by atoms with E-state index in [0.717, 1.165) is 173 Å². The van der Waals surface area contributed by atoms with Crippen molar-refractivity contribution in [2.75, 3.05) is 19.8 Å². The SMILES string of the molecule is CCCCCCCCCCCC(=O)O[C@H](CCCCCCC)CC(=O)N[C@H]1[C@@H](OCC(=O)O)O[C@H](CO[C@@H]2O[C@H](CO)[C@@H](OP(=O)(O)O)[C@H](OC(=O)C[C@@H](CCCCCCC)OC(=O)CCCCCCCCCCC)[C@H]2NC(=O)C[C@H](O)CCCCCCC)[C@@H](O)[C@@H]1OC(=O)C[C@H](O)CCCCCCC. The van der Waals surface area contributed by atoms with Crippen molar-refractivity contribution in [1.82, 2.24) is 10.6 Å². The Morgan fingerprint density at radius 1 is 0.419 bits per heavy atom. The molecule has 0 unspecified atom stereocenters. The molecule has 0 aromatic heterocycles. The molecule has 2 aliphatic rings. The Bertz CT molecular complexity index is 2340. The van der Waals surface area contributed by atoms with Crippen LogP contribution in [0.3, 0.4) is 0 Å². The van der Waals surface area contributed by atoms with Crippen LogP contribution >= 0.6 is 7.82 Å². The second-order valence-electron chi connectivity index (χ2n) is 29.3. The van der Waals surface area contributed by atoms with Crippen molar-refractivity contribution in [1.29, 1.82) is 0 Å². The van der Waals surface area contributed by atoms with Crippen molar-refractivity contribution >= 4 is 49.5 Å². The van der Waals surface area contributed by atoms with E-state index in [4.69, 9.17) is 42.4 Å². The predicted molar refractivity (Wildman–Crippen MR) is 398 cm³/mol. The average molecular weight is 1520 g/mol. The predicted octanol–water partition coefficient (Wildman–Crippen LogP) is 13.6. The number of ether oxygens (including phenoxy) is 8. The van der Waals surface area contributed by atoms with Gasteiger partial charge in [0.2, 0.25) is 11.8 Å². The maximum Gasteiger partial charge on any atom is 0.470 e. The highest BCUT2D eigenvalue weighted by atomic mass is 31.2. The standard InChI is InChI=1S/C78H143N2O24P/c1-7-13-19-25-27-29-31-37-43-49-67(88)98-60(47-41-35-23-17-11-5)53-65(85)80-71-75(102-69(90)52-59(83)46-40-34-22-16-10-4)73(92)63(101-77(71)97-57-66(86)87)56-96-78-72(79-64(84)51-58(82)45-39-33-21-15-9-3)76(74(62(55-81)100-78)104-105(93,94)95)103-70(91)54-61(48-42-36-24-18-12-6)99-68(89)50-44-38-32-30-28-26-20-14-8-2/h58-63,71-78,81-83,92H,7-57H2,1-6H3,(H,79,84)(H,80,85)(H,86,87)(H2,93,94,95)/t58-,59-,60-,61-,62-,63-,71-,72-,73-,74-,75-,76-,77+,78-/m1/s1. The van der Waals surface area contributed by atoms with Crippen molar-refractivity contribution in [3.63, 3.8) is 0 Å². The monoisotopic (exact) mass is 1520 g/mol. The molecule has 105 heavy (non-hydrogen) atoms. The molecule has 2 heterocycles. The van der Waals surface area contributed by atoms with Gasteiger partial charge in [0, 0.05) is 12.8 Å². The lowest BCUT2D eigenvalue weighted by Gasteiger charge is -2.47. The van der Waals surface area contributed by atoms with Crippen molar-refractivity contribution in [2.45, 2.75) is 435 Å². The zero-order valence-corrected chi connectivity index (χ0v) is 66.1. The highest BCUT2D eigenvalue weighted by Gasteiger charge is 2.54. The second-order valence-corrected chi connectivity index (χ2v) is 30.5. The van der Waals surface area contributed by atoms with Gasteiger partial charge in [-0.05, 0) is 51.4 Å². The number of hydrogen-bond acceptors (Lipinski definition) is 21. The maximum atomic E-state index is 14.6. The van der Waals surface area contributed by atoms with Gasteiger partial charge < -0.3 is 83.8 Å². The third-order valence-electron chi connectivity index (χ3n) is 19.5. The zero-order valence-electron chi connectivity index (χ0n) is 65.2. The molecule has 27 heteroatoms. The number of phosphoric acid groups is 1. The van der Waals surface area contributed by atoms with Gasteiger partial charge in [-0.1, -0.05) is 260 Å². The summed E-state index contributed by atoms with van der Waals surface area (Å²) >= 11 is 0. The maximum absolute atomic E-state index is 14.6. The molecular weight excluding hydrogens is 1380 g/mol. The summed E-state index contributed by atoms with van der Waals surface area (Å²) in [6.07, 6.45) is 14.8. The van der Waals surface area contributed by atoms with Crippen LogP contribution in [0.1, 0.15) is 350 Å². The van der Waals surface area contributed by atoms with Crippen LogP contribution in [-0.2, 0) is 80.5 Å². The van der Waals surface area contributed by atoms with Crippen LogP contribution in [0.15, 0.2) is 0 Å². The van der Waals surface area contributed by atoms with E-state index in [2.05, 4.69) is 52.2 Å². The molecule has 2 fully saturated rings. The molecule has 0 radical (unpaired) electrons. The van der Waals surface area contributed by atoms with Crippen LogP contribution in [0.2, 0.25) is 0 Å². The van der Waals surface area contributed by atoms with E-state index in [0.29, 0.717) is 44.9 Å². The van der Waals surface area contributed by atoms with Crippen LogP contribution in [0.4, 0.5) is 0 Å². The number of aliphatic carboxylic acids is 1. The van der Waals surface area contributed by atoms with Gasteiger partial charge in [0.1, 0.15) is 55.3 Å². The molecule has 0 saturated carbocycles. The fourth-order valence-corrected chi connectivity index (χ4v) is 14.0. The Morgan fingerprint density at radius 3 is 1.20 bits per heavy atom. The number of nitrogens with one attached hydrogen (secondary N) is 2. The summed E-state index contributed by atoms with van der Waals surface area (Å²) in [5, 5.41) is 61.1. The number of unbranched alkanes of at least 4 members (excludes halogenated alkanes) is 32. The van der Waals surface area contributed by atoms with Crippen LogP contribution in [0, 0.1) is 0 Å². The smallest absolute Gasteiger partial charge is 0.470 e. The summed E-state index contributed by atoms with van der Waals surface area (Å²) in [5.74, 6) is -6.28. The van der Waals surface area contributed by atoms with E-state index < -0.39 is 181 Å². The van der Waals surface area contributed by atoms with Gasteiger partial charge in [-0.15, -0.1) is 0 Å². The van der Waals surface area contributed by atoms with Crippen LogP contribution < -0.4 is 10.6 Å². The van der Waals surface area contributed by atoms with E-state index in [1.807, 2.05) is 0 Å². The minimum absolute atomic E-state index is 0.0931. The van der Waals surface area contributed by atoms with Crippen LogP contribution in [0.5, 0.6) is 0 Å². The summed E-state index contributed by atoms with van der Waals surface area (Å²) < 4.78 is 66.7. The fourth-order valence-electron chi connectivity index (χ4n) is 13.5. The van der Waals surface area contributed by atoms with Crippen LogP contribution in [-0.4, -0.2) is 183 Å². The minimum Gasteiger partial charge on any atom is -0.480 e. The molecule has 0 aliphatic carbocycles. The molecule has 2 amide bonds. The number of carboxylic acids is 1. The first kappa shape index (κ1) is 97.2. The molecule has 0 spiro atoms. The molecule has 9 N–H and O–H groups in total. The number of carbonyl (C=O) groups excluding carboxylic acids is 6. The Balaban J connectivity index is 2.73. The number of rotatable bonds is 67. The quantitative estimate of drug-likeness (QED) is 0.0118. The number of carboxylic acid groups (broad SMARTS) is 1. The third kappa shape index (κ3) is 47.0. The van der Waals surface area contributed by atoms with E-state index >= 15 is 0 Å². The first-order valence-corrected chi connectivity index (χ1v) is 42.6. The Kier molecular flexibility index (Phi) is 56.3. The Labute approximate surface area is 628 Å². The Morgan fingerprint density at radius 2 is 0.771 bits per heavy atom. The zero-order chi connectivity index (χ0) is 77.5. The van der Waals surface area contributed by atoms with Gasteiger partial charge >= 0.3 is 37.7 Å². The molecular formula is C78H143N2O24P. The highest BCUT2D eigenvalue weighted by Crippen LogP contribution is 2.43. The van der Waals surface area contributed by atoms with E-state index in [1.54, 1.807) is 0 Å². The number of aliphatic hydroxyl groups is 4. The lowest BCUT2D eigenvalue weighted by molar-refractivity contribution is -0.304. The molecule has 2 saturated heterocycles. The van der Waals surface area contributed by atoms with Crippen molar-refractivity contribution < 1.29 is 116 Å². The third-order valence-corrected chi connectivity index (χ3v) is 20.0. The number of amides is 2. The molecule has 0 bridgehead atoms. The first-order valence-electron chi connectivity index (χ1n) is 41.0. The molecule has 14 atom stereocenters. The normalized spacial score (nSPS) is 21.6. The summed E-state index contributed by atoms with van der Waals surface area (Å²) in [4.78, 5) is 117. The number of carbonyl (C=O) groups is 7. The van der Waals surface area contributed by atoms with Gasteiger partial charge in [0.05, 0.1) is 51.1 Å². The summed E-state index contributed by atoms with van der Waals surface area (Å²) in [6, 6.07) is -3.54. The van der Waals surface area contributed by atoms with Gasteiger partial charge in [-0.2, -0.15) is 0 Å². The van der Waals surface area contributed by atoms with Gasteiger partial charge in [0.15, 0.2) is 24.8 Å². The largest absolute Gasteiger partial charge is 0.480 e. The molecule has 0 aromatic carbocycles. The number of aliphatic hydroxyl groups excluding tert-OH is 4. The summed E-state index contributed by atoms with van der Waals surface area (Å²) in [5.41, 5.74) is 0. The topological polar surface area (TPSA) is 385 Å². The van der Waals surface area contributed by atoms with E-state index in [-0.39, 0.29) is 32.1 Å². The second kappa shape index (κ2) is 60.8. The van der Waals surface area contributed by atoms with Crippen LogP contribution in [0.25, 0.3) is 0 Å². The van der Waals surface area contributed by atoms with E-state index in [1.165, 1.54) is 32.1 Å². The first-order chi connectivity index (χ1) is 50.5. The van der Waals surface area contributed by atoms with Crippen molar-refractivity contribution in [2.24, 2.45) is 0 Å². The van der Waals surface area contributed by atoms with Crippen molar-refractivity contribution in [3.8, 4) is 0 Å². The fraction of sp³-hybridized carbons (Fsp3) is 0.910. The summed E-state index contributed by atoms with van der Waals surface area (Å²) in [7, 11) is -5.60. The Hall–Kier alpha value is -3.92. The average Bonchev–Trinajstić information content (AvgIpc) is 0.789. The number of esters is 4. The molecule has 2 aliphatic heterocycles. The van der Waals surface area contributed by atoms with Crippen molar-refractivity contribution in [3.05, 3.63) is 0 Å². The molecule has 26 nitrogen and oxygen atoms in total. The molecule has 614 valence electrons. The minimum atomic E-state index is -5.60. The van der Waals surface area contributed by atoms with E-state index in [9.17, 15) is 73.4 Å². The summed E-state index contributed by atoms with van der Waals surface area (Å²) in [6.45, 7) is 9.57. The lowest BCUT2D eigenvalue weighted by atomic mass is 9.95. The molecule has 0 aromatic rings. The number of phosphoric ester groups is 1. The lowest BCUT2D eigenvalue weighted by Crippen LogP contribution is -2.68.